The van der Waals surface area contributed by atoms with Gasteiger partial charge < -0.3 is 14.2 Å². The molecule has 0 aliphatic heterocycles. The van der Waals surface area contributed by atoms with E-state index < -0.39 is 6.10 Å². The van der Waals surface area contributed by atoms with Crippen LogP contribution in [0.25, 0.3) is 0 Å². The van der Waals surface area contributed by atoms with Crippen LogP contribution >= 0.6 is 0 Å². The van der Waals surface area contributed by atoms with Crippen LogP contribution < -0.4 is 0 Å². The molecule has 58 heavy (non-hydrogen) atoms. The predicted molar refractivity (Wildman–Crippen MR) is 247 cm³/mol. The third-order valence-corrected chi connectivity index (χ3v) is 11.5. The topological polar surface area (TPSA) is 78.9 Å². The average Bonchev–Trinajstić information content (AvgIpc) is 3.22. The largest absolute Gasteiger partial charge is 0.462 e. The maximum absolute atomic E-state index is 12.8. The molecule has 0 aliphatic carbocycles. The standard InChI is InChI=1S/C52H98O6/c1-4-7-10-13-16-19-22-25-27-30-33-36-39-42-45-51(54)57-48-49(47-56-50(53)44-41-38-35-32-29-24-21-18-15-12-9-6-3)58-52(55)46-43-40-37-34-31-28-26-23-20-17-14-11-8-5-2/h22,25,49H,4-21,23-24,26-48H2,1-3H3/b25-22-. The summed E-state index contributed by atoms with van der Waals surface area (Å²) in [5, 5.41) is 0. The first-order chi connectivity index (χ1) is 28.5. The molecule has 0 aromatic rings. The van der Waals surface area contributed by atoms with E-state index >= 15 is 0 Å². The Morgan fingerprint density at radius 3 is 0.862 bits per heavy atom. The van der Waals surface area contributed by atoms with E-state index in [9.17, 15) is 14.4 Å². The second-order valence-corrected chi connectivity index (χ2v) is 17.4. The summed E-state index contributed by atoms with van der Waals surface area (Å²) in [5.41, 5.74) is 0. The number of esters is 3. The lowest BCUT2D eigenvalue weighted by molar-refractivity contribution is -0.167. The smallest absolute Gasteiger partial charge is 0.306 e. The molecule has 0 bridgehead atoms. The quantitative estimate of drug-likeness (QED) is 0.0263. The molecule has 0 saturated heterocycles. The van der Waals surface area contributed by atoms with E-state index in [1.807, 2.05) is 0 Å². The van der Waals surface area contributed by atoms with E-state index in [4.69, 9.17) is 14.2 Å². The minimum absolute atomic E-state index is 0.0673. The fourth-order valence-corrected chi connectivity index (χ4v) is 7.61. The van der Waals surface area contributed by atoms with Gasteiger partial charge in [-0.1, -0.05) is 232 Å². The first-order valence-corrected chi connectivity index (χ1v) is 25.7. The summed E-state index contributed by atoms with van der Waals surface area (Å²) in [6, 6.07) is 0. The fraction of sp³-hybridized carbons (Fsp3) is 0.904. The third kappa shape index (κ3) is 45.2. The van der Waals surface area contributed by atoms with Gasteiger partial charge in [-0.3, -0.25) is 14.4 Å². The van der Waals surface area contributed by atoms with Gasteiger partial charge in [0, 0.05) is 19.3 Å². The van der Waals surface area contributed by atoms with Crippen LogP contribution in [0.2, 0.25) is 0 Å². The van der Waals surface area contributed by atoms with Gasteiger partial charge in [0.25, 0.3) is 0 Å². The Bertz CT molecular complexity index is 900. The fourth-order valence-electron chi connectivity index (χ4n) is 7.61. The molecule has 0 spiro atoms. The van der Waals surface area contributed by atoms with E-state index in [0.29, 0.717) is 19.3 Å². The Morgan fingerprint density at radius 1 is 0.328 bits per heavy atom. The summed E-state index contributed by atoms with van der Waals surface area (Å²) in [6.07, 6.45) is 51.9. The lowest BCUT2D eigenvalue weighted by Crippen LogP contribution is -2.30. The van der Waals surface area contributed by atoms with E-state index in [-0.39, 0.29) is 31.1 Å². The van der Waals surface area contributed by atoms with Crippen LogP contribution in [0.1, 0.15) is 284 Å². The third-order valence-electron chi connectivity index (χ3n) is 11.5. The van der Waals surface area contributed by atoms with Crippen LogP contribution in [0, 0.1) is 0 Å². The first-order valence-electron chi connectivity index (χ1n) is 25.7. The van der Waals surface area contributed by atoms with Crippen LogP contribution in [-0.2, 0) is 28.6 Å². The van der Waals surface area contributed by atoms with Gasteiger partial charge in [0.1, 0.15) is 13.2 Å². The van der Waals surface area contributed by atoms with Crippen molar-refractivity contribution in [3.8, 4) is 0 Å². The molecule has 1 atom stereocenters. The number of unbranched alkanes of at least 4 members (excludes halogenated alkanes) is 34. The number of carbonyl (C=O) groups is 3. The second-order valence-electron chi connectivity index (χ2n) is 17.4. The molecule has 0 fully saturated rings. The molecule has 0 N–H and O–H groups in total. The Hall–Kier alpha value is -1.85. The summed E-state index contributed by atoms with van der Waals surface area (Å²) in [7, 11) is 0. The molecule has 6 heteroatoms. The summed E-state index contributed by atoms with van der Waals surface area (Å²) in [4.78, 5) is 37.9. The van der Waals surface area contributed by atoms with Crippen molar-refractivity contribution in [1.29, 1.82) is 0 Å². The van der Waals surface area contributed by atoms with Crippen molar-refractivity contribution in [2.45, 2.75) is 290 Å². The van der Waals surface area contributed by atoms with Crippen LogP contribution in [0.3, 0.4) is 0 Å². The Kier molecular flexibility index (Phi) is 46.3. The van der Waals surface area contributed by atoms with Gasteiger partial charge in [-0.2, -0.15) is 0 Å². The molecule has 6 nitrogen and oxygen atoms in total. The highest BCUT2D eigenvalue weighted by molar-refractivity contribution is 5.71. The van der Waals surface area contributed by atoms with E-state index in [1.54, 1.807) is 0 Å². The molecule has 0 heterocycles. The minimum atomic E-state index is -0.765. The maximum atomic E-state index is 12.8. The Balaban J connectivity index is 4.34. The number of rotatable bonds is 47. The van der Waals surface area contributed by atoms with Gasteiger partial charge in [0.05, 0.1) is 0 Å². The number of hydrogen-bond donors (Lipinski definition) is 0. The highest BCUT2D eigenvalue weighted by Crippen LogP contribution is 2.16. The van der Waals surface area contributed by atoms with Crippen molar-refractivity contribution in [3.63, 3.8) is 0 Å². The number of carbonyl (C=O) groups excluding carboxylic acids is 3. The normalized spacial score (nSPS) is 12.0. The summed E-state index contributed by atoms with van der Waals surface area (Å²) >= 11 is 0. The van der Waals surface area contributed by atoms with E-state index in [2.05, 4.69) is 32.9 Å². The lowest BCUT2D eigenvalue weighted by atomic mass is 10.0. The van der Waals surface area contributed by atoms with Crippen molar-refractivity contribution in [2.24, 2.45) is 0 Å². The molecule has 0 aromatic heterocycles. The number of allylic oxidation sites excluding steroid dienone is 2. The zero-order valence-corrected chi connectivity index (χ0v) is 39.1. The zero-order chi connectivity index (χ0) is 42.3. The molecule has 0 amide bonds. The Labute approximate surface area is 360 Å². The van der Waals surface area contributed by atoms with E-state index in [0.717, 1.165) is 64.2 Å². The molecular weight excluding hydrogens is 721 g/mol. The van der Waals surface area contributed by atoms with E-state index in [1.165, 1.54) is 180 Å². The van der Waals surface area contributed by atoms with Crippen molar-refractivity contribution >= 4 is 17.9 Å². The second kappa shape index (κ2) is 47.8. The molecule has 342 valence electrons. The number of ether oxygens (including phenoxy) is 3. The number of hydrogen-bond acceptors (Lipinski definition) is 6. The van der Waals surface area contributed by atoms with Crippen LogP contribution in [0.5, 0.6) is 0 Å². The monoisotopic (exact) mass is 819 g/mol. The Morgan fingerprint density at radius 2 is 0.569 bits per heavy atom. The first kappa shape index (κ1) is 56.1. The molecule has 0 aromatic carbocycles. The highest BCUT2D eigenvalue weighted by Gasteiger charge is 2.19. The van der Waals surface area contributed by atoms with Gasteiger partial charge in [-0.25, -0.2) is 0 Å². The minimum Gasteiger partial charge on any atom is -0.462 e. The molecular formula is C52H98O6. The zero-order valence-electron chi connectivity index (χ0n) is 39.1. The molecule has 0 rings (SSSR count). The van der Waals surface area contributed by atoms with Crippen LogP contribution in [0.4, 0.5) is 0 Å². The summed E-state index contributed by atoms with van der Waals surface area (Å²) in [5.74, 6) is -0.860. The van der Waals surface area contributed by atoms with Crippen molar-refractivity contribution in [2.75, 3.05) is 13.2 Å². The van der Waals surface area contributed by atoms with Gasteiger partial charge in [0.2, 0.25) is 0 Å². The molecule has 1 unspecified atom stereocenters. The van der Waals surface area contributed by atoms with Gasteiger partial charge in [-0.05, 0) is 44.9 Å². The van der Waals surface area contributed by atoms with Gasteiger partial charge >= 0.3 is 17.9 Å². The summed E-state index contributed by atoms with van der Waals surface area (Å²) in [6.45, 7) is 6.65. The van der Waals surface area contributed by atoms with Crippen molar-refractivity contribution in [3.05, 3.63) is 12.2 Å². The SMILES string of the molecule is CCCCCCC/C=C\CCCCCCCC(=O)OCC(COC(=O)CCCCCCCCCCCCCC)OC(=O)CCCCCCCCCCCCCCCC. The predicted octanol–water partition coefficient (Wildman–Crippen LogP) is 16.6. The van der Waals surface area contributed by atoms with Crippen LogP contribution in [-0.4, -0.2) is 37.2 Å². The van der Waals surface area contributed by atoms with Crippen molar-refractivity contribution < 1.29 is 28.6 Å². The van der Waals surface area contributed by atoms with Crippen LogP contribution in [0.15, 0.2) is 12.2 Å². The molecule has 0 saturated carbocycles. The van der Waals surface area contributed by atoms with Gasteiger partial charge in [0.15, 0.2) is 6.10 Å². The summed E-state index contributed by atoms with van der Waals surface area (Å²) < 4.78 is 16.8. The lowest BCUT2D eigenvalue weighted by Gasteiger charge is -2.18. The van der Waals surface area contributed by atoms with Gasteiger partial charge in [-0.15, -0.1) is 0 Å². The average molecular weight is 819 g/mol. The molecule has 0 aliphatic rings. The molecule has 0 radical (unpaired) electrons. The highest BCUT2D eigenvalue weighted by atomic mass is 16.6. The maximum Gasteiger partial charge on any atom is 0.306 e. The van der Waals surface area contributed by atoms with Crippen molar-refractivity contribution in [1.82, 2.24) is 0 Å².